The van der Waals surface area contributed by atoms with Gasteiger partial charge in [-0.3, -0.25) is 4.99 Å². The van der Waals surface area contributed by atoms with Crippen molar-refractivity contribution < 1.29 is 0 Å². The Kier molecular flexibility index (Phi) is 5.45. The first-order chi connectivity index (χ1) is 4.31. The Labute approximate surface area is 58.8 Å². The van der Waals surface area contributed by atoms with Crippen LogP contribution in [0.1, 0.15) is 6.92 Å². The largest absolute Gasteiger partial charge is 0.262 e. The van der Waals surface area contributed by atoms with Crippen molar-refractivity contribution in [2.75, 3.05) is 6.16 Å². The lowest BCUT2D eigenvalue weighted by atomic mass is 10.4. The summed E-state index contributed by atoms with van der Waals surface area (Å²) >= 11 is 0. The molecule has 0 aromatic heterocycles. The monoisotopic (exact) mass is 141 g/mol. The molecule has 0 spiro atoms. The van der Waals surface area contributed by atoms with E-state index < -0.39 is 0 Å². The standard InChI is InChI=1S/C7H12NP/c1-3-7(2)8-5-4-6-9/h3-5H,1,6,9H2,2H3/b5-4-,8-7?. The quantitative estimate of drug-likeness (QED) is 0.421. The summed E-state index contributed by atoms with van der Waals surface area (Å²) in [6.45, 7) is 5.49. The molecule has 0 saturated heterocycles. The highest BCUT2D eigenvalue weighted by atomic mass is 31.0. The van der Waals surface area contributed by atoms with E-state index in [1.807, 2.05) is 13.0 Å². The maximum absolute atomic E-state index is 4.04. The van der Waals surface area contributed by atoms with Gasteiger partial charge in [-0.15, -0.1) is 9.24 Å². The normalized spacial score (nSPS) is 12.4. The van der Waals surface area contributed by atoms with Gasteiger partial charge in [-0.1, -0.05) is 12.7 Å². The number of hydrogen-bond acceptors (Lipinski definition) is 1. The van der Waals surface area contributed by atoms with Crippen molar-refractivity contribution in [1.29, 1.82) is 0 Å². The minimum absolute atomic E-state index is 0.949. The van der Waals surface area contributed by atoms with Gasteiger partial charge in [0.05, 0.1) is 0 Å². The van der Waals surface area contributed by atoms with E-state index in [4.69, 9.17) is 0 Å². The van der Waals surface area contributed by atoms with E-state index in [0.29, 0.717) is 0 Å². The van der Waals surface area contributed by atoms with Crippen LogP contribution in [0, 0.1) is 0 Å². The van der Waals surface area contributed by atoms with Gasteiger partial charge < -0.3 is 0 Å². The second kappa shape index (κ2) is 5.71. The minimum Gasteiger partial charge on any atom is -0.262 e. The van der Waals surface area contributed by atoms with Gasteiger partial charge in [0.25, 0.3) is 0 Å². The molecule has 0 bridgehead atoms. The minimum atomic E-state index is 0.949. The van der Waals surface area contributed by atoms with Gasteiger partial charge in [0.1, 0.15) is 0 Å². The molecule has 0 saturated carbocycles. The van der Waals surface area contributed by atoms with Crippen LogP contribution in [0.4, 0.5) is 0 Å². The van der Waals surface area contributed by atoms with Crippen molar-refractivity contribution in [3.8, 4) is 0 Å². The molecule has 0 aliphatic carbocycles. The predicted molar refractivity (Wildman–Crippen MR) is 47.0 cm³/mol. The molecule has 2 heteroatoms. The van der Waals surface area contributed by atoms with Crippen molar-refractivity contribution in [3.63, 3.8) is 0 Å². The van der Waals surface area contributed by atoms with Crippen molar-refractivity contribution in [2.24, 2.45) is 4.99 Å². The Bertz CT molecular complexity index is 136. The van der Waals surface area contributed by atoms with E-state index in [9.17, 15) is 0 Å². The lowest BCUT2D eigenvalue weighted by Gasteiger charge is -1.82. The molecule has 0 aromatic rings. The number of aliphatic imine (C=N–C) groups is 1. The van der Waals surface area contributed by atoms with Crippen molar-refractivity contribution in [1.82, 2.24) is 0 Å². The predicted octanol–water partition coefficient (Wildman–Crippen LogP) is 2.02. The van der Waals surface area contributed by atoms with Crippen LogP contribution < -0.4 is 0 Å². The zero-order valence-corrected chi connectivity index (χ0v) is 6.83. The molecule has 50 valence electrons. The van der Waals surface area contributed by atoms with Crippen molar-refractivity contribution >= 4 is 15.0 Å². The number of hydrogen-bond donors (Lipinski definition) is 0. The van der Waals surface area contributed by atoms with Crippen LogP contribution in [-0.4, -0.2) is 11.9 Å². The van der Waals surface area contributed by atoms with Crippen molar-refractivity contribution in [3.05, 3.63) is 24.9 Å². The smallest absolute Gasteiger partial charge is 0.0366 e. The molecule has 0 amide bonds. The third-order valence-corrected chi connectivity index (χ3v) is 1.09. The summed E-state index contributed by atoms with van der Waals surface area (Å²) in [6.07, 6.45) is 6.43. The van der Waals surface area contributed by atoms with Crippen LogP contribution in [0.15, 0.2) is 29.9 Å². The number of rotatable bonds is 3. The molecule has 0 heterocycles. The van der Waals surface area contributed by atoms with Gasteiger partial charge in [0.15, 0.2) is 0 Å². The molecular formula is C7H12NP. The zero-order valence-electron chi connectivity index (χ0n) is 5.67. The second-order valence-corrected chi connectivity index (χ2v) is 2.07. The van der Waals surface area contributed by atoms with Gasteiger partial charge in [0.2, 0.25) is 0 Å². The van der Waals surface area contributed by atoms with E-state index >= 15 is 0 Å². The van der Waals surface area contributed by atoms with Crippen LogP contribution >= 0.6 is 9.24 Å². The SMILES string of the molecule is C=CC(C)=N/C=C\CP. The molecule has 0 N–H and O–H groups in total. The molecule has 0 aliphatic rings. The Morgan fingerprint density at radius 2 is 2.44 bits per heavy atom. The average Bonchev–Trinajstić information content (AvgIpc) is 1.89. The van der Waals surface area contributed by atoms with Gasteiger partial charge in [-0.25, -0.2) is 0 Å². The summed E-state index contributed by atoms with van der Waals surface area (Å²) in [5.41, 5.74) is 0.949. The summed E-state index contributed by atoms with van der Waals surface area (Å²) in [4.78, 5) is 4.04. The second-order valence-electron chi connectivity index (χ2n) is 1.60. The van der Waals surface area contributed by atoms with E-state index in [1.54, 1.807) is 12.3 Å². The summed E-state index contributed by atoms with van der Waals surface area (Å²) in [7, 11) is 2.59. The maximum atomic E-state index is 4.04. The molecule has 1 nitrogen and oxygen atoms in total. The molecule has 9 heavy (non-hydrogen) atoms. The average molecular weight is 141 g/mol. The highest BCUT2D eigenvalue weighted by Gasteiger charge is 1.73. The molecule has 0 rings (SSSR count). The topological polar surface area (TPSA) is 12.4 Å². The molecule has 0 aliphatic heterocycles. The first kappa shape index (κ1) is 8.58. The third kappa shape index (κ3) is 5.45. The van der Waals surface area contributed by atoms with E-state index in [0.717, 1.165) is 11.9 Å². The van der Waals surface area contributed by atoms with Gasteiger partial charge in [-0.2, -0.15) is 0 Å². The molecular weight excluding hydrogens is 129 g/mol. The number of allylic oxidation sites excluding steroid dienone is 2. The van der Waals surface area contributed by atoms with Gasteiger partial charge >= 0.3 is 0 Å². The summed E-state index contributed by atoms with van der Waals surface area (Å²) in [6, 6.07) is 0. The van der Waals surface area contributed by atoms with Crippen LogP contribution in [0.2, 0.25) is 0 Å². The summed E-state index contributed by atoms with van der Waals surface area (Å²) in [5, 5.41) is 0. The molecule has 0 fully saturated rings. The lowest BCUT2D eigenvalue weighted by molar-refractivity contribution is 1.51. The Morgan fingerprint density at radius 1 is 1.78 bits per heavy atom. The van der Waals surface area contributed by atoms with Crippen LogP contribution in [-0.2, 0) is 0 Å². The Hall–Kier alpha value is -0.420. The fourth-order valence-corrected chi connectivity index (χ4v) is 0.406. The Balaban J connectivity index is 3.68. The van der Waals surface area contributed by atoms with E-state index in [2.05, 4.69) is 20.8 Å². The van der Waals surface area contributed by atoms with Crippen molar-refractivity contribution in [2.45, 2.75) is 6.92 Å². The molecule has 0 radical (unpaired) electrons. The van der Waals surface area contributed by atoms with Gasteiger partial charge in [-0.05, 0) is 19.2 Å². The van der Waals surface area contributed by atoms with Crippen LogP contribution in [0.25, 0.3) is 0 Å². The van der Waals surface area contributed by atoms with Gasteiger partial charge in [0, 0.05) is 11.9 Å². The molecule has 1 atom stereocenters. The van der Waals surface area contributed by atoms with E-state index in [1.165, 1.54) is 0 Å². The number of nitrogens with zero attached hydrogens (tertiary/aromatic N) is 1. The Morgan fingerprint density at radius 3 is 2.89 bits per heavy atom. The first-order valence-corrected chi connectivity index (χ1v) is 3.65. The maximum Gasteiger partial charge on any atom is 0.0366 e. The fraction of sp³-hybridized carbons (Fsp3) is 0.286. The molecule has 0 aromatic carbocycles. The van der Waals surface area contributed by atoms with E-state index in [-0.39, 0.29) is 0 Å². The summed E-state index contributed by atoms with van der Waals surface area (Å²) < 4.78 is 0. The van der Waals surface area contributed by atoms with Crippen LogP contribution in [0.3, 0.4) is 0 Å². The summed E-state index contributed by atoms with van der Waals surface area (Å²) in [5.74, 6) is 0. The third-order valence-electron chi connectivity index (χ3n) is 0.815. The first-order valence-electron chi connectivity index (χ1n) is 2.83. The zero-order chi connectivity index (χ0) is 7.11. The fourth-order valence-electron chi connectivity index (χ4n) is 0.284. The lowest BCUT2D eigenvalue weighted by Crippen LogP contribution is -1.78. The van der Waals surface area contributed by atoms with Crippen LogP contribution in [0.5, 0.6) is 0 Å². The molecule has 1 unspecified atom stereocenters. The highest BCUT2D eigenvalue weighted by molar-refractivity contribution is 7.16. The highest BCUT2D eigenvalue weighted by Crippen LogP contribution is 1.84.